The van der Waals surface area contributed by atoms with Crippen LogP contribution in [0.25, 0.3) is 0 Å². The molecule has 0 aromatic carbocycles. The predicted octanol–water partition coefficient (Wildman–Crippen LogP) is 1.74. The molecule has 0 saturated carbocycles. The second kappa shape index (κ2) is 4.66. The first-order valence-electron chi connectivity index (χ1n) is 5.61. The number of ether oxygens (including phenoxy) is 1. The van der Waals surface area contributed by atoms with Crippen molar-refractivity contribution in [1.82, 2.24) is 4.98 Å². The van der Waals surface area contributed by atoms with E-state index in [1.165, 1.54) is 11.8 Å². The molecule has 4 nitrogen and oxygen atoms in total. The summed E-state index contributed by atoms with van der Waals surface area (Å²) in [5.74, 6) is -0.252. The second-order valence-electron chi connectivity index (χ2n) is 4.10. The van der Waals surface area contributed by atoms with Crippen LogP contribution in [0, 0.1) is 13.8 Å². The summed E-state index contributed by atoms with van der Waals surface area (Å²) >= 11 is 1.40. The molecule has 0 radical (unpaired) electrons. The molecule has 0 saturated heterocycles. The Labute approximate surface area is 105 Å². The number of thioether (sulfide) groups is 1. The first-order chi connectivity index (χ1) is 8.04. The Bertz CT molecular complexity index is 462. The Morgan fingerprint density at radius 2 is 2.29 bits per heavy atom. The number of rotatable bonds is 2. The fourth-order valence-corrected chi connectivity index (χ4v) is 3.03. The number of hydrogen-bond donors (Lipinski definition) is 1. The summed E-state index contributed by atoms with van der Waals surface area (Å²) in [6.07, 6.45) is 0. The molecule has 2 rings (SSSR count). The van der Waals surface area contributed by atoms with Crippen molar-refractivity contribution < 1.29 is 9.53 Å². The summed E-state index contributed by atoms with van der Waals surface area (Å²) in [7, 11) is 0. The van der Waals surface area contributed by atoms with Crippen molar-refractivity contribution in [2.45, 2.75) is 37.1 Å². The molecule has 92 valence electrons. The molecule has 0 spiro atoms. The van der Waals surface area contributed by atoms with Crippen molar-refractivity contribution in [2.24, 2.45) is 5.73 Å². The third kappa shape index (κ3) is 2.17. The number of nitrogens with zero attached hydrogens (tertiary/aromatic N) is 1. The summed E-state index contributed by atoms with van der Waals surface area (Å²) in [5, 5.41) is 0.498. The van der Waals surface area contributed by atoms with Crippen LogP contribution >= 0.6 is 11.8 Å². The van der Waals surface area contributed by atoms with Crippen LogP contribution in [0.2, 0.25) is 0 Å². The van der Waals surface area contributed by atoms with Crippen molar-refractivity contribution in [3.8, 4) is 0 Å². The minimum Gasteiger partial charge on any atom is -0.465 e. The van der Waals surface area contributed by atoms with Gasteiger partial charge in [0.05, 0.1) is 12.6 Å². The van der Waals surface area contributed by atoms with Crippen LogP contribution in [-0.2, 0) is 9.53 Å². The highest BCUT2D eigenvalue weighted by Crippen LogP contribution is 2.42. The van der Waals surface area contributed by atoms with Crippen molar-refractivity contribution >= 4 is 17.7 Å². The van der Waals surface area contributed by atoms with E-state index in [1.54, 1.807) is 6.92 Å². The Morgan fingerprint density at radius 3 is 2.94 bits per heavy atom. The number of pyridine rings is 1. The molecule has 2 unspecified atom stereocenters. The molecular weight excluding hydrogens is 236 g/mol. The molecule has 2 heterocycles. The number of aryl methyl sites for hydroxylation is 2. The lowest BCUT2D eigenvalue weighted by Crippen LogP contribution is -2.29. The monoisotopic (exact) mass is 252 g/mol. The summed E-state index contributed by atoms with van der Waals surface area (Å²) in [6.45, 7) is 6.13. The quantitative estimate of drug-likeness (QED) is 0.812. The van der Waals surface area contributed by atoms with E-state index in [-0.39, 0.29) is 17.3 Å². The maximum absolute atomic E-state index is 11.7. The van der Waals surface area contributed by atoms with Gasteiger partial charge in [-0.25, -0.2) is 4.98 Å². The van der Waals surface area contributed by atoms with Gasteiger partial charge in [-0.2, -0.15) is 0 Å². The van der Waals surface area contributed by atoms with Crippen LogP contribution in [0.5, 0.6) is 0 Å². The second-order valence-corrected chi connectivity index (χ2v) is 5.23. The van der Waals surface area contributed by atoms with Gasteiger partial charge < -0.3 is 10.5 Å². The van der Waals surface area contributed by atoms with Gasteiger partial charge in [0.1, 0.15) is 10.3 Å². The molecule has 0 aliphatic carbocycles. The van der Waals surface area contributed by atoms with E-state index in [1.807, 2.05) is 19.9 Å². The molecule has 5 heteroatoms. The van der Waals surface area contributed by atoms with Crippen LogP contribution in [0.4, 0.5) is 0 Å². The number of nitrogens with two attached hydrogens (primary N) is 1. The van der Waals surface area contributed by atoms with E-state index in [0.717, 1.165) is 21.8 Å². The molecule has 1 aromatic rings. The lowest BCUT2D eigenvalue weighted by molar-refractivity contribution is -0.142. The van der Waals surface area contributed by atoms with Gasteiger partial charge in [0.2, 0.25) is 0 Å². The van der Waals surface area contributed by atoms with E-state index in [4.69, 9.17) is 10.5 Å². The molecule has 1 aliphatic rings. The molecule has 0 amide bonds. The number of hydrogen-bond acceptors (Lipinski definition) is 5. The van der Waals surface area contributed by atoms with Crippen molar-refractivity contribution in [3.63, 3.8) is 0 Å². The summed E-state index contributed by atoms with van der Waals surface area (Å²) in [6, 6.07) is 1.70. The molecule has 1 aliphatic heterocycles. The highest BCUT2D eigenvalue weighted by molar-refractivity contribution is 8.00. The molecule has 2 atom stereocenters. The number of esters is 1. The van der Waals surface area contributed by atoms with Gasteiger partial charge in [-0.1, -0.05) is 11.8 Å². The van der Waals surface area contributed by atoms with Crippen molar-refractivity contribution in [1.29, 1.82) is 0 Å². The zero-order valence-electron chi connectivity index (χ0n) is 10.2. The smallest absolute Gasteiger partial charge is 0.321 e. The normalized spacial score (nSPS) is 22.4. The molecule has 17 heavy (non-hydrogen) atoms. The Hall–Kier alpha value is -1.07. The largest absolute Gasteiger partial charge is 0.465 e. The average molecular weight is 252 g/mol. The molecule has 1 aromatic heterocycles. The van der Waals surface area contributed by atoms with Crippen LogP contribution in [0.3, 0.4) is 0 Å². The summed E-state index contributed by atoms with van der Waals surface area (Å²) < 4.78 is 5.02. The minimum absolute atomic E-state index is 0.252. The predicted molar refractivity (Wildman–Crippen MR) is 66.9 cm³/mol. The minimum atomic E-state index is -0.362. The van der Waals surface area contributed by atoms with Gasteiger partial charge in [0.15, 0.2) is 0 Å². The van der Waals surface area contributed by atoms with Crippen molar-refractivity contribution in [3.05, 3.63) is 22.9 Å². The zero-order valence-corrected chi connectivity index (χ0v) is 11.0. The van der Waals surface area contributed by atoms with Gasteiger partial charge >= 0.3 is 5.97 Å². The van der Waals surface area contributed by atoms with E-state index in [0.29, 0.717) is 6.61 Å². The number of fused-ring (bicyclic) bond motifs is 1. The van der Waals surface area contributed by atoms with Gasteiger partial charge in [0.25, 0.3) is 0 Å². The first kappa shape index (κ1) is 12.4. The van der Waals surface area contributed by atoms with Crippen LogP contribution in [0.15, 0.2) is 11.1 Å². The highest BCUT2D eigenvalue weighted by Gasteiger charge is 2.38. The van der Waals surface area contributed by atoms with E-state index in [2.05, 4.69) is 4.98 Å². The van der Waals surface area contributed by atoms with E-state index in [9.17, 15) is 4.79 Å². The Kier molecular flexibility index (Phi) is 3.40. The fraction of sp³-hybridized carbons (Fsp3) is 0.500. The highest BCUT2D eigenvalue weighted by atomic mass is 32.2. The number of aromatic nitrogens is 1. The van der Waals surface area contributed by atoms with Crippen molar-refractivity contribution in [2.75, 3.05) is 6.61 Å². The maximum Gasteiger partial charge on any atom is 0.321 e. The van der Waals surface area contributed by atoms with Crippen LogP contribution < -0.4 is 5.73 Å². The fourth-order valence-electron chi connectivity index (χ4n) is 1.81. The Balaban J connectivity index is 2.29. The SMILES string of the molecule is CCOC(=O)C1Sc2nc(C)c(C)cc2C1N. The molecule has 0 fully saturated rings. The van der Waals surface area contributed by atoms with E-state index < -0.39 is 0 Å². The maximum atomic E-state index is 11.7. The number of carbonyl (C=O) groups excluding carboxylic acids is 1. The van der Waals surface area contributed by atoms with Gasteiger partial charge in [-0.3, -0.25) is 4.79 Å². The van der Waals surface area contributed by atoms with Crippen LogP contribution in [-0.4, -0.2) is 22.8 Å². The lowest BCUT2D eigenvalue weighted by Gasteiger charge is -2.13. The molecule has 0 bridgehead atoms. The van der Waals surface area contributed by atoms with Crippen LogP contribution in [0.1, 0.15) is 29.8 Å². The van der Waals surface area contributed by atoms with Gasteiger partial charge in [0, 0.05) is 11.3 Å². The van der Waals surface area contributed by atoms with E-state index >= 15 is 0 Å². The third-order valence-corrected chi connectivity index (χ3v) is 4.19. The average Bonchev–Trinajstić information content (AvgIpc) is 2.58. The Morgan fingerprint density at radius 1 is 1.59 bits per heavy atom. The van der Waals surface area contributed by atoms with Gasteiger partial charge in [-0.05, 0) is 32.4 Å². The number of carbonyl (C=O) groups is 1. The zero-order chi connectivity index (χ0) is 12.6. The lowest BCUT2D eigenvalue weighted by atomic mass is 10.0. The van der Waals surface area contributed by atoms with Gasteiger partial charge in [-0.15, -0.1) is 0 Å². The molecule has 2 N–H and O–H groups in total. The summed E-state index contributed by atoms with van der Waals surface area (Å²) in [4.78, 5) is 16.2. The first-order valence-corrected chi connectivity index (χ1v) is 6.49. The topological polar surface area (TPSA) is 65.2 Å². The standard InChI is InChI=1S/C12H16N2O2S/c1-4-16-12(15)10-9(13)8-5-6(2)7(3)14-11(8)17-10/h5,9-10H,4,13H2,1-3H3. The summed E-state index contributed by atoms with van der Waals surface area (Å²) in [5.41, 5.74) is 9.11. The molecular formula is C12H16N2O2S. The third-order valence-electron chi connectivity index (χ3n) is 2.90.